The summed E-state index contributed by atoms with van der Waals surface area (Å²) in [6, 6.07) is 22.2. The summed E-state index contributed by atoms with van der Waals surface area (Å²) in [6.45, 7) is 4.26. The molecule has 0 aliphatic rings. The summed E-state index contributed by atoms with van der Waals surface area (Å²) in [5.74, 6) is -1.97. The van der Waals surface area contributed by atoms with Crippen LogP contribution in [0.15, 0.2) is 78.9 Å². The van der Waals surface area contributed by atoms with Gasteiger partial charge in [0.05, 0.1) is 11.1 Å². The van der Waals surface area contributed by atoms with E-state index in [1.54, 1.807) is 48.5 Å². The molecule has 35 heavy (non-hydrogen) atoms. The minimum Gasteiger partial charge on any atom is -0.504 e. The van der Waals surface area contributed by atoms with Crippen LogP contribution >= 0.6 is 12.4 Å². The quantitative estimate of drug-likeness (QED) is 0.235. The number of rotatable bonds is 3. The number of carbonyl (C=O) groups is 2. The first-order chi connectivity index (χ1) is 16.1. The topological polar surface area (TPSA) is 141 Å². The van der Waals surface area contributed by atoms with Gasteiger partial charge in [0.25, 0.3) is 0 Å². The van der Waals surface area contributed by atoms with E-state index in [0.717, 1.165) is 27.5 Å². The Morgan fingerprint density at radius 3 is 1.54 bits per heavy atom. The van der Waals surface area contributed by atoms with E-state index in [1.165, 1.54) is 12.1 Å². The SMILES string of the molecule is Cc1ccc(C(=O)O)cc1.Cc1ccc(C(=O)O)cc1.Cl.NCc1cccc2cc(O)c(O)cc12. The van der Waals surface area contributed by atoms with Crippen molar-refractivity contribution in [1.82, 2.24) is 0 Å². The van der Waals surface area contributed by atoms with Gasteiger partial charge in [0.15, 0.2) is 11.5 Å². The van der Waals surface area contributed by atoms with E-state index in [4.69, 9.17) is 15.9 Å². The van der Waals surface area contributed by atoms with Crippen molar-refractivity contribution in [1.29, 1.82) is 0 Å². The molecule has 0 aliphatic carbocycles. The summed E-state index contributed by atoms with van der Waals surface area (Å²) in [6.07, 6.45) is 0. The first kappa shape index (κ1) is 29.0. The predicted octanol–water partition coefficient (Wildman–Crippen LogP) is 5.52. The van der Waals surface area contributed by atoms with Crippen molar-refractivity contribution in [2.24, 2.45) is 5.73 Å². The van der Waals surface area contributed by atoms with Crippen molar-refractivity contribution in [3.05, 3.63) is 107 Å². The molecule has 0 fully saturated rings. The molecule has 184 valence electrons. The molecule has 4 aromatic carbocycles. The van der Waals surface area contributed by atoms with Gasteiger partial charge in [-0.3, -0.25) is 0 Å². The number of carboxylic acids is 2. The van der Waals surface area contributed by atoms with Gasteiger partial charge in [-0.15, -0.1) is 12.4 Å². The van der Waals surface area contributed by atoms with Crippen molar-refractivity contribution in [2.45, 2.75) is 20.4 Å². The van der Waals surface area contributed by atoms with Gasteiger partial charge in [0.2, 0.25) is 0 Å². The number of aromatic hydroxyl groups is 2. The highest BCUT2D eigenvalue weighted by Crippen LogP contribution is 2.31. The van der Waals surface area contributed by atoms with E-state index >= 15 is 0 Å². The maximum atomic E-state index is 10.3. The molecule has 4 aromatic rings. The molecular formula is C27H28ClNO6. The minimum atomic E-state index is -0.875. The van der Waals surface area contributed by atoms with Gasteiger partial charge in [0.1, 0.15) is 0 Å². The molecule has 0 bridgehead atoms. The number of fused-ring (bicyclic) bond motifs is 1. The molecule has 4 rings (SSSR count). The fourth-order valence-corrected chi connectivity index (χ4v) is 2.94. The summed E-state index contributed by atoms with van der Waals surface area (Å²) in [5, 5.41) is 37.4. The predicted molar refractivity (Wildman–Crippen MR) is 139 cm³/mol. The number of nitrogens with two attached hydrogens (primary N) is 1. The Bertz CT molecular complexity index is 1220. The molecule has 6 N–H and O–H groups in total. The zero-order valence-electron chi connectivity index (χ0n) is 19.3. The Balaban J connectivity index is 0.000000265. The van der Waals surface area contributed by atoms with Crippen LogP contribution in [-0.4, -0.2) is 32.4 Å². The number of hydrogen-bond donors (Lipinski definition) is 5. The zero-order valence-corrected chi connectivity index (χ0v) is 20.1. The molecule has 0 aromatic heterocycles. The Kier molecular flexibility index (Phi) is 11.2. The number of aryl methyl sites for hydroxylation is 2. The van der Waals surface area contributed by atoms with Gasteiger partial charge in [-0.1, -0.05) is 53.6 Å². The smallest absolute Gasteiger partial charge is 0.335 e. The number of halogens is 1. The summed E-state index contributed by atoms with van der Waals surface area (Å²) >= 11 is 0. The minimum absolute atomic E-state index is 0. The Labute approximate surface area is 209 Å². The molecule has 0 spiro atoms. The number of benzene rings is 4. The third-order valence-corrected chi connectivity index (χ3v) is 4.88. The molecule has 8 heteroatoms. The van der Waals surface area contributed by atoms with Crippen LogP contribution in [0, 0.1) is 13.8 Å². The molecule has 0 radical (unpaired) electrons. The number of phenolic OH excluding ortho intramolecular Hbond substituents is 2. The average Bonchev–Trinajstić information content (AvgIpc) is 2.81. The van der Waals surface area contributed by atoms with Crippen LogP contribution in [0.3, 0.4) is 0 Å². The Morgan fingerprint density at radius 1 is 0.714 bits per heavy atom. The number of phenols is 2. The van der Waals surface area contributed by atoms with E-state index < -0.39 is 11.9 Å². The second-order valence-electron chi connectivity index (χ2n) is 7.53. The third-order valence-electron chi connectivity index (χ3n) is 4.88. The monoisotopic (exact) mass is 497 g/mol. The molecule has 7 nitrogen and oxygen atoms in total. The number of hydrogen-bond acceptors (Lipinski definition) is 5. The summed E-state index contributed by atoms with van der Waals surface area (Å²) < 4.78 is 0. The third kappa shape index (κ3) is 8.66. The van der Waals surface area contributed by atoms with Crippen molar-refractivity contribution in [3.8, 4) is 11.5 Å². The van der Waals surface area contributed by atoms with Crippen LogP contribution in [0.25, 0.3) is 10.8 Å². The summed E-state index contributed by atoms with van der Waals surface area (Å²) in [7, 11) is 0. The van der Waals surface area contributed by atoms with Crippen LogP contribution in [0.2, 0.25) is 0 Å². The van der Waals surface area contributed by atoms with E-state index in [2.05, 4.69) is 0 Å². The number of carboxylic acid groups (broad SMARTS) is 2. The van der Waals surface area contributed by atoms with E-state index in [-0.39, 0.29) is 23.9 Å². The van der Waals surface area contributed by atoms with Crippen LogP contribution in [-0.2, 0) is 6.54 Å². The molecule has 0 amide bonds. The molecule has 0 atom stereocenters. The molecule has 0 aliphatic heterocycles. The molecule has 0 unspecified atom stereocenters. The lowest BCUT2D eigenvalue weighted by Gasteiger charge is -2.05. The van der Waals surface area contributed by atoms with Gasteiger partial charge in [0, 0.05) is 6.54 Å². The summed E-state index contributed by atoms with van der Waals surface area (Å²) in [4.78, 5) is 20.6. The second kappa shape index (κ2) is 13.6. The first-order valence-corrected chi connectivity index (χ1v) is 10.4. The van der Waals surface area contributed by atoms with Gasteiger partial charge >= 0.3 is 11.9 Å². The highest BCUT2D eigenvalue weighted by molar-refractivity contribution is 5.89. The van der Waals surface area contributed by atoms with E-state index in [1.807, 2.05) is 32.0 Å². The average molecular weight is 498 g/mol. The van der Waals surface area contributed by atoms with Crippen LogP contribution in [0.5, 0.6) is 11.5 Å². The highest BCUT2D eigenvalue weighted by Gasteiger charge is 2.04. The number of aromatic carboxylic acids is 2. The van der Waals surface area contributed by atoms with Crippen molar-refractivity contribution in [3.63, 3.8) is 0 Å². The van der Waals surface area contributed by atoms with E-state index in [9.17, 15) is 19.8 Å². The maximum Gasteiger partial charge on any atom is 0.335 e. The van der Waals surface area contributed by atoms with Crippen molar-refractivity contribution >= 4 is 35.1 Å². The first-order valence-electron chi connectivity index (χ1n) is 10.4. The Morgan fingerprint density at radius 2 is 1.14 bits per heavy atom. The van der Waals surface area contributed by atoms with Crippen LogP contribution in [0.1, 0.15) is 37.4 Å². The summed E-state index contributed by atoms with van der Waals surface area (Å²) in [5.41, 5.74) is 9.34. The van der Waals surface area contributed by atoms with Gasteiger partial charge in [-0.05, 0) is 66.6 Å². The van der Waals surface area contributed by atoms with Crippen LogP contribution in [0.4, 0.5) is 0 Å². The van der Waals surface area contributed by atoms with Gasteiger partial charge < -0.3 is 26.2 Å². The van der Waals surface area contributed by atoms with Crippen molar-refractivity contribution < 1.29 is 30.0 Å². The molecule has 0 heterocycles. The lowest BCUT2D eigenvalue weighted by atomic mass is 10.0. The van der Waals surface area contributed by atoms with Gasteiger partial charge in [-0.2, -0.15) is 0 Å². The zero-order chi connectivity index (χ0) is 25.3. The largest absolute Gasteiger partial charge is 0.504 e. The standard InChI is InChI=1S/C11H11NO2.2C8H8O2.ClH/c12-6-8-3-1-2-7-4-10(13)11(14)5-9(7)8;2*1-6-2-4-7(5-3-6)8(9)10;/h1-5,13-14H,6,12H2;2*2-5H,1H3,(H,9,10);1H. The second-order valence-corrected chi connectivity index (χ2v) is 7.53. The molecule has 0 saturated carbocycles. The highest BCUT2D eigenvalue weighted by atomic mass is 35.5. The van der Waals surface area contributed by atoms with Gasteiger partial charge in [-0.25, -0.2) is 9.59 Å². The van der Waals surface area contributed by atoms with E-state index in [0.29, 0.717) is 17.7 Å². The Hall–Kier alpha value is -4.07. The lowest BCUT2D eigenvalue weighted by molar-refractivity contribution is 0.0686. The maximum absolute atomic E-state index is 10.3. The fraction of sp³-hybridized carbons (Fsp3) is 0.111. The molecular weight excluding hydrogens is 470 g/mol. The van der Waals surface area contributed by atoms with Crippen LogP contribution < -0.4 is 5.73 Å². The van der Waals surface area contributed by atoms with Crippen molar-refractivity contribution in [2.75, 3.05) is 0 Å². The lowest BCUT2D eigenvalue weighted by Crippen LogP contribution is -1.96. The molecule has 0 saturated heterocycles. The normalized spacial score (nSPS) is 9.57. The fourth-order valence-electron chi connectivity index (χ4n) is 2.94.